The number of piperidine rings is 1. The summed E-state index contributed by atoms with van der Waals surface area (Å²) in [4.78, 5) is 23.5. The second-order valence-corrected chi connectivity index (χ2v) is 9.24. The normalized spacial score (nSPS) is 20.8. The van der Waals surface area contributed by atoms with Gasteiger partial charge in [-0.1, -0.05) is 0 Å². The smallest absolute Gasteiger partial charge is 0.391 e. The molecule has 2 aliphatic rings. The Morgan fingerprint density at radius 3 is 2.34 bits per heavy atom. The maximum absolute atomic E-state index is 13.1. The van der Waals surface area contributed by atoms with Crippen molar-refractivity contribution in [1.82, 2.24) is 14.9 Å². The van der Waals surface area contributed by atoms with E-state index in [1.54, 1.807) is 12.0 Å². The molecule has 0 bridgehead atoms. The molecule has 1 aliphatic heterocycles. The van der Waals surface area contributed by atoms with Crippen LogP contribution in [0.4, 0.5) is 13.2 Å². The molecule has 7 nitrogen and oxygen atoms in total. The molecule has 0 spiro atoms. The zero-order chi connectivity index (χ0) is 25.2. The number of rotatable bonds is 7. The van der Waals surface area contributed by atoms with Gasteiger partial charge in [0.05, 0.1) is 32.9 Å². The topological polar surface area (TPSA) is 73.8 Å². The van der Waals surface area contributed by atoms with Crippen molar-refractivity contribution in [1.29, 1.82) is 0 Å². The Bertz CT molecular complexity index is 1050. The van der Waals surface area contributed by atoms with Crippen LogP contribution in [0.15, 0.2) is 24.5 Å². The fourth-order valence-corrected chi connectivity index (χ4v) is 4.74. The average molecular weight is 494 g/mol. The van der Waals surface area contributed by atoms with E-state index in [0.29, 0.717) is 24.6 Å². The molecule has 35 heavy (non-hydrogen) atoms. The molecule has 1 amide bonds. The highest BCUT2D eigenvalue weighted by atomic mass is 19.4. The summed E-state index contributed by atoms with van der Waals surface area (Å²) in [5, 5.41) is 0. The third kappa shape index (κ3) is 5.62. The molecular formula is C25H30F3N3O4. The lowest BCUT2D eigenvalue weighted by molar-refractivity contribution is -0.206. The van der Waals surface area contributed by atoms with E-state index in [4.69, 9.17) is 14.2 Å². The highest BCUT2D eigenvalue weighted by molar-refractivity contribution is 5.93. The first-order valence-electron chi connectivity index (χ1n) is 11.7. The number of nitrogens with zero attached hydrogens (tertiary/aromatic N) is 3. The van der Waals surface area contributed by atoms with Crippen LogP contribution in [0.2, 0.25) is 0 Å². The molecular weight excluding hydrogens is 463 g/mol. The zero-order valence-electron chi connectivity index (χ0n) is 20.1. The molecule has 0 aromatic carbocycles. The predicted molar refractivity (Wildman–Crippen MR) is 122 cm³/mol. The number of likely N-dealkylation sites (tertiary alicyclic amines) is 1. The molecule has 3 heterocycles. The molecule has 0 unspecified atom stereocenters. The fraction of sp³-hybridized carbons (Fsp3) is 0.560. The Morgan fingerprint density at radius 1 is 1.03 bits per heavy atom. The number of amides is 1. The van der Waals surface area contributed by atoms with Gasteiger partial charge in [0, 0.05) is 42.7 Å². The van der Waals surface area contributed by atoms with Gasteiger partial charge in [0.2, 0.25) is 0 Å². The summed E-state index contributed by atoms with van der Waals surface area (Å²) in [6.45, 7) is 3.22. The molecule has 1 saturated carbocycles. The van der Waals surface area contributed by atoms with E-state index < -0.39 is 12.1 Å². The van der Waals surface area contributed by atoms with Crippen LogP contribution in [-0.4, -0.2) is 60.9 Å². The third-order valence-electron chi connectivity index (χ3n) is 6.92. The average Bonchev–Trinajstić information content (AvgIpc) is 2.81. The van der Waals surface area contributed by atoms with Crippen LogP contribution >= 0.6 is 0 Å². The van der Waals surface area contributed by atoms with E-state index in [9.17, 15) is 18.0 Å². The first kappa shape index (κ1) is 25.1. The number of alkyl halides is 3. The number of methoxy groups -OCH3 is 2. The summed E-state index contributed by atoms with van der Waals surface area (Å²) >= 11 is 0. The van der Waals surface area contributed by atoms with Crippen LogP contribution in [0.5, 0.6) is 17.2 Å². The minimum absolute atomic E-state index is 0.0658. The van der Waals surface area contributed by atoms with Gasteiger partial charge in [-0.2, -0.15) is 13.2 Å². The molecule has 0 atom stereocenters. The monoisotopic (exact) mass is 493 g/mol. The fourth-order valence-electron chi connectivity index (χ4n) is 4.74. The van der Waals surface area contributed by atoms with Crippen molar-refractivity contribution in [2.24, 2.45) is 11.8 Å². The van der Waals surface area contributed by atoms with Gasteiger partial charge in [-0.05, 0) is 44.4 Å². The Balaban J connectivity index is 1.34. The van der Waals surface area contributed by atoms with Gasteiger partial charge in [-0.15, -0.1) is 0 Å². The number of halogens is 3. The summed E-state index contributed by atoms with van der Waals surface area (Å²) < 4.78 is 54.6. The largest absolute Gasteiger partial charge is 0.496 e. The minimum atomic E-state index is -4.14. The van der Waals surface area contributed by atoms with Crippen LogP contribution in [0.25, 0.3) is 0 Å². The molecule has 0 radical (unpaired) electrons. The van der Waals surface area contributed by atoms with Crippen LogP contribution in [-0.2, 0) is 0 Å². The van der Waals surface area contributed by atoms with Crippen molar-refractivity contribution in [3.63, 3.8) is 0 Å². The van der Waals surface area contributed by atoms with E-state index in [-0.39, 0.29) is 42.9 Å². The minimum Gasteiger partial charge on any atom is -0.496 e. The van der Waals surface area contributed by atoms with Crippen LogP contribution in [0, 0.1) is 18.8 Å². The lowest BCUT2D eigenvalue weighted by Crippen LogP contribution is -2.38. The highest BCUT2D eigenvalue weighted by Crippen LogP contribution is 2.45. The number of hydrogen-bond donors (Lipinski definition) is 0. The van der Waals surface area contributed by atoms with Crippen LogP contribution < -0.4 is 14.2 Å². The molecule has 2 aromatic rings. The van der Waals surface area contributed by atoms with Crippen molar-refractivity contribution >= 4 is 5.91 Å². The molecule has 4 rings (SSSR count). The Hall–Kier alpha value is -3.04. The van der Waals surface area contributed by atoms with Crippen LogP contribution in [0.1, 0.15) is 53.3 Å². The number of carbonyl (C=O) groups excluding carboxylic acids is 1. The first-order chi connectivity index (χ1) is 16.7. The van der Waals surface area contributed by atoms with E-state index in [1.165, 1.54) is 19.4 Å². The molecule has 190 valence electrons. The van der Waals surface area contributed by atoms with Gasteiger partial charge in [-0.25, -0.2) is 4.98 Å². The number of carbonyl (C=O) groups is 1. The van der Waals surface area contributed by atoms with Crippen molar-refractivity contribution in [3.05, 3.63) is 41.5 Å². The van der Waals surface area contributed by atoms with Gasteiger partial charge in [0.25, 0.3) is 5.91 Å². The summed E-state index contributed by atoms with van der Waals surface area (Å²) in [5.74, 6) is 0.121. The second kappa shape index (κ2) is 10.3. The quantitative estimate of drug-likeness (QED) is 0.552. The summed E-state index contributed by atoms with van der Waals surface area (Å²) in [6.07, 6.45) is 0.814. The number of aromatic nitrogens is 2. The van der Waals surface area contributed by atoms with Gasteiger partial charge in [-0.3, -0.25) is 9.78 Å². The van der Waals surface area contributed by atoms with E-state index in [2.05, 4.69) is 9.97 Å². The van der Waals surface area contributed by atoms with Crippen molar-refractivity contribution in [2.75, 3.05) is 33.9 Å². The molecule has 2 aromatic heterocycles. The van der Waals surface area contributed by atoms with Gasteiger partial charge >= 0.3 is 6.18 Å². The molecule has 1 aliphatic carbocycles. The number of aryl methyl sites for hydroxylation is 1. The Morgan fingerprint density at radius 2 is 1.71 bits per heavy atom. The SMILES string of the molecule is COc1cc(C(=O)N2CCC(c3cnc(C)cc3OC)CC2)ncc1OC[C@H]1C[C@@H](C(F)(F)F)C1. The van der Waals surface area contributed by atoms with Crippen LogP contribution in [0.3, 0.4) is 0 Å². The lowest BCUT2D eigenvalue weighted by atomic mass is 9.75. The van der Waals surface area contributed by atoms with Gasteiger partial charge in [0.1, 0.15) is 11.4 Å². The van der Waals surface area contributed by atoms with Crippen molar-refractivity contribution in [2.45, 2.75) is 44.7 Å². The van der Waals surface area contributed by atoms with E-state index >= 15 is 0 Å². The van der Waals surface area contributed by atoms with Crippen molar-refractivity contribution in [3.8, 4) is 17.2 Å². The van der Waals surface area contributed by atoms with Gasteiger partial charge in [0.15, 0.2) is 11.5 Å². The zero-order valence-corrected chi connectivity index (χ0v) is 20.1. The highest BCUT2D eigenvalue weighted by Gasteiger charge is 2.47. The van der Waals surface area contributed by atoms with Gasteiger partial charge < -0.3 is 19.1 Å². The maximum Gasteiger partial charge on any atom is 0.391 e. The predicted octanol–water partition coefficient (Wildman–Crippen LogP) is 4.79. The number of ether oxygens (including phenoxy) is 3. The molecule has 1 saturated heterocycles. The summed E-state index contributed by atoms with van der Waals surface area (Å²) in [6, 6.07) is 3.45. The standard InChI is InChI=1S/C25H30F3N3O4/c1-15-8-21(33-2)19(12-29-15)17-4-6-31(7-5-17)24(32)20-11-22(34-3)23(13-30-20)35-14-16-9-18(10-16)25(26,27)28/h8,11-13,16-18H,4-7,9-10,14H2,1-3H3/t16-,18+. The Labute approximate surface area is 202 Å². The van der Waals surface area contributed by atoms with Crippen molar-refractivity contribution < 1.29 is 32.2 Å². The second-order valence-electron chi connectivity index (χ2n) is 9.24. The van der Waals surface area contributed by atoms with E-state index in [1.807, 2.05) is 19.2 Å². The number of pyridine rings is 2. The lowest BCUT2D eigenvalue weighted by Gasteiger charge is -2.36. The molecule has 0 N–H and O–H groups in total. The van der Waals surface area contributed by atoms with E-state index in [0.717, 1.165) is 29.8 Å². The first-order valence-corrected chi connectivity index (χ1v) is 11.7. The maximum atomic E-state index is 13.1. The number of hydrogen-bond acceptors (Lipinski definition) is 6. The summed E-state index contributed by atoms with van der Waals surface area (Å²) in [7, 11) is 3.10. The third-order valence-corrected chi connectivity index (χ3v) is 6.92. The molecule has 2 fully saturated rings. The Kier molecular flexibility index (Phi) is 7.37. The summed E-state index contributed by atoms with van der Waals surface area (Å²) in [5.41, 5.74) is 2.19. The molecule has 10 heteroatoms.